The van der Waals surface area contributed by atoms with Crippen LogP contribution in [0, 0.1) is 10.8 Å². The number of rotatable bonds is 4. The Hall–Kier alpha value is -0.610. The molecule has 1 rings (SSSR count). The number of aliphatic hydroxyl groups excluding tert-OH is 1. The predicted molar refractivity (Wildman–Crippen MR) is 62.2 cm³/mol. The van der Waals surface area contributed by atoms with Crippen LogP contribution < -0.4 is 5.32 Å². The third-order valence-corrected chi connectivity index (χ3v) is 3.53. The first kappa shape index (κ1) is 13.5. The van der Waals surface area contributed by atoms with Crippen LogP contribution in [0.2, 0.25) is 0 Å². The first-order chi connectivity index (χ1) is 7.15. The van der Waals surface area contributed by atoms with E-state index in [0.29, 0.717) is 19.4 Å². The summed E-state index contributed by atoms with van der Waals surface area (Å²) in [6.45, 7) is 8.24. The zero-order valence-corrected chi connectivity index (χ0v) is 10.6. The van der Waals surface area contributed by atoms with Crippen molar-refractivity contribution in [3.05, 3.63) is 0 Å². The van der Waals surface area contributed by atoms with Gasteiger partial charge in [0.15, 0.2) is 0 Å². The fraction of sp³-hybridized carbons (Fsp3) is 0.917. The van der Waals surface area contributed by atoms with E-state index in [1.54, 1.807) is 13.8 Å². The second kappa shape index (κ2) is 4.34. The lowest BCUT2D eigenvalue weighted by molar-refractivity contribution is -0.148. The van der Waals surface area contributed by atoms with E-state index in [0.717, 1.165) is 0 Å². The van der Waals surface area contributed by atoms with E-state index >= 15 is 0 Å². The number of hydrogen-bond donors (Lipinski definition) is 3. The van der Waals surface area contributed by atoms with Crippen molar-refractivity contribution in [2.24, 2.45) is 10.8 Å². The van der Waals surface area contributed by atoms with E-state index in [1.807, 2.05) is 0 Å². The van der Waals surface area contributed by atoms with E-state index in [4.69, 9.17) is 5.11 Å². The van der Waals surface area contributed by atoms with Gasteiger partial charge in [0.05, 0.1) is 11.5 Å². The first-order valence-corrected chi connectivity index (χ1v) is 5.80. The standard InChI is InChI=1S/C12H23NO3/c1-11(2,7-12(3,4)10(15)16)9-5-8(14)6-13-9/h8-9,13-14H,5-7H2,1-4H3,(H,15,16). The smallest absolute Gasteiger partial charge is 0.309 e. The van der Waals surface area contributed by atoms with Gasteiger partial charge in [0, 0.05) is 12.6 Å². The summed E-state index contributed by atoms with van der Waals surface area (Å²) < 4.78 is 0. The predicted octanol–water partition coefficient (Wildman–Crippen LogP) is 1.24. The Morgan fingerprint density at radius 2 is 1.94 bits per heavy atom. The zero-order valence-electron chi connectivity index (χ0n) is 10.6. The average Bonchev–Trinajstić information content (AvgIpc) is 2.50. The molecule has 1 fully saturated rings. The highest BCUT2D eigenvalue weighted by Gasteiger charge is 2.41. The molecule has 2 atom stereocenters. The highest BCUT2D eigenvalue weighted by Crippen LogP contribution is 2.38. The summed E-state index contributed by atoms with van der Waals surface area (Å²) in [6.07, 6.45) is 1.01. The number of aliphatic carboxylic acids is 1. The Labute approximate surface area is 97.0 Å². The molecule has 0 aromatic rings. The van der Waals surface area contributed by atoms with Crippen LogP contribution in [0.3, 0.4) is 0 Å². The van der Waals surface area contributed by atoms with E-state index in [9.17, 15) is 9.90 Å². The van der Waals surface area contributed by atoms with Crippen molar-refractivity contribution in [1.82, 2.24) is 5.32 Å². The van der Waals surface area contributed by atoms with Crippen molar-refractivity contribution < 1.29 is 15.0 Å². The van der Waals surface area contributed by atoms with Gasteiger partial charge in [-0.1, -0.05) is 13.8 Å². The normalized spacial score (nSPS) is 27.1. The fourth-order valence-corrected chi connectivity index (χ4v) is 2.65. The van der Waals surface area contributed by atoms with E-state index in [-0.39, 0.29) is 17.6 Å². The minimum absolute atomic E-state index is 0.126. The van der Waals surface area contributed by atoms with Crippen molar-refractivity contribution in [3.63, 3.8) is 0 Å². The van der Waals surface area contributed by atoms with Crippen molar-refractivity contribution in [1.29, 1.82) is 0 Å². The monoisotopic (exact) mass is 229 g/mol. The van der Waals surface area contributed by atoms with Crippen molar-refractivity contribution >= 4 is 5.97 Å². The molecular formula is C12H23NO3. The molecule has 94 valence electrons. The molecule has 0 aromatic carbocycles. The molecule has 2 unspecified atom stereocenters. The zero-order chi connectivity index (χ0) is 12.6. The molecule has 0 bridgehead atoms. The Bertz CT molecular complexity index is 273. The summed E-state index contributed by atoms with van der Waals surface area (Å²) in [5.74, 6) is -0.765. The van der Waals surface area contributed by atoms with Crippen LogP contribution in [-0.4, -0.2) is 34.9 Å². The number of β-amino-alcohol motifs (C(OH)–C–C–N with tert-alkyl or cyclic N) is 1. The van der Waals surface area contributed by atoms with Gasteiger partial charge in [0.1, 0.15) is 0 Å². The molecule has 0 saturated carbocycles. The second-order valence-electron chi connectivity index (χ2n) is 6.20. The lowest BCUT2D eigenvalue weighted by Gasteiger charge is -2.37. The van der Waals surface area contributed by atoms with Gasteiger partial charge in [-0.3, -0.25) is 4.79 Å². The number of nitrogens with one attached hydrogen (secondary N) is 1. The van der Waals surface area contributed by atoms with E-state index < -0.39 is 11.4 Å². The maximum Gasteiger partial charge on any atom is 0.309 e. The first-order valence-electron chi connectivity index (χ1n) is 5.80. The largest absolute Gasteiger partial charge is 0.481 e. The highest BCUT2D eigenvalue weighted by atomic mass is 16.4. The second-order valence-corrected chi connectivity index (χ2v) is 6.20. The molecule has 16 heavy (non-hydrogen) atoms. The van der Waals surface area contributed by atoms with Crippen LogP contribution in [-0.2, 0) is 4.79 Å². The molecule has 1 heterocycles. The Kier molecular flexibility index (Phi) is 3.65. The number of carboxylic acids is 1. The lowest BCUT2D eigenvalue weighted by atomic mass is 9.70. The quantitative estimate of drug-likeness (QED) is 0.678. The van der Waals surface area contributed by atoms with Gasteiger partial charge in [-0.05, 0) is 32.1 Å². The Morgan fingerprint density at radius 1 is 1.38 bits per heavy atom. The van der Waals surface area contributed by atoms with E-state index in [1.165, 1.54) is 0 Å². The van der Waals surface area contributed by atoms with Gasteiger partial charge in [-0.15, -0.1) is 0 Å². The molecule has 0 amide bonds. The van der Waals surface area contributed by atoms with Crippen molar-refractivity contribution in [2.45, 2.75) is 52.7 Å². The molecule has 4 nitrogen and oxygen atoms in total. The average molecular weight is 229 g/mol. The number of carbonyl (C=O) groups is 1. The summed E-state index contributed by atoms with van der Waals surface area (Å²) in [4.78, 5) is 11.1. The summed E-state index contributed by atoms with van der Waals surface area (Å²) >= 11 is 0. The third kappa shape index (κ3) is 2.95. The Morgan fingerprint density at radius 3 is 2.31 bits per heavy atom. The molecule has 0 aliphatic carbocycles. The van der Waals surface area contributed by atoms with Gasteiger partial charge in [-0.2, -0.15) is 0 Å². The van der Waals surface area contributed by atoms with Crippen LogP contribution in [0.1, 0.15) is 40.5 Å². The van der Waals surface area contributed by atoms with E-state index in [2.05, 4.69) is 19.2 Å². The number of hydrogen-bond acceptors (Lipinski definition) is 3. The van der Waals surface area contributed by atoms with Crippen LogP contribution in [0.5, 0.6) is 0 Å². The minimum Gasteiger partial charge on any atom is -0.481 e. The maximum absolute atomic E-state index is 11.1. The lowest BCUT2D eigenvalue weighted by Crippen LogP contribution is -2.42. The third-order valence-electron chi connectivity index (χ3n) is 3.53. The van der Waals surface area contributed by atoms with Gasteiger partial charge in [0.2, 0.25) is 0 Å². The van der Waals surface area contributed by atoms with Crippen molar-refractivity contribution in [2.75, 3.05) is 6.54 Å². The van der Waals surface area contributed by atoms with Gasteiger partial charge < -0.3 is 15.5 Å². The maximum atomic E-state index is 11.1. The Balaban J connectivity index is 2.67. The minimum atomic E-state index is -0.765. The molecule has 1 aliphatic rings. The summed E-state index contributed by atoms with van der Waals surface area (Å²) in [5, 5.41) is 21.9. The molecule has 0 radical (unpaired) electrons. The van der Waals surface area contributed by atoms with Crippen LogP contribution >= 0.6 is 0 Å². The van der Waals surface area contributed by atoms with Crippen LogP contribution in [0.25, 0.3) is 0 Å². The number of aliphatic hydroxyl groups is 1. The SMILES string of the molecule is CC(C)(CC(C)(C)C1CC(O)CN1)C(=O)O. The highest BCUT2D eigenvalue weighted by molar-refractivity contribution is 5.73. The molecule has 1 saturated heterocycles. The van der Waals surface area contributed by atoms with Crippen LogP contribution in [0.15, 0.2) is 0 Å². The summed E-state index contributed by atoms with van der Waals surface area (Å²) in [6, 6.07) is 0.195. The number of carboxylic acid groups (broad SMARTS) is 1. The molecule has 0 aromatic heterocycles. The van der Waals surface area contributed by atoms with Crippen LogP contribution in [0.4, 0.5) is 0 Å². The molecule has 0 spiro atoms. The molecule has 1 aliphatic heterocycles. The summed E-state index contributed by atoms with van der Waals surface area (Å²) in [5.41, 5.74) is -0.849. The fourth-order valence-electron chi connectivity index (χ4n) is 2.65. The van der Waals surface area contributed by atoms with Gasteiger partial charge in [-0.25, -0.2) is 0 Å². The van der Waals surface area contributed by atoms with Crippen molar-refractivity contribution in [3.8, 4) is 0 Å². The molecular weight excluding hydrogens is 206 g/mol. The summed E-state index contributed by atoms with van der Waals surface area (Å²) in [7, 11) is 0. The van der Waals surface area contributed by atoms with Gasteiger partial charge >= 0.3 is 5.97 Å². The van der Waals surface area contributed by atoms with Gasteiger partial charge in [0.25, 0.3) is 0 Å². The molecule has 4 heteroatoms. The topological polar surface area (TPSA) is 69.6 Å². The molecule has 3 N–H and O–H groups in total.